The van der Waals surface area contributed by atoms with Gasteiger partial charge in [-0.3, -0.25) is 4.79 Å². The summed E-state index contributed by atoms with van der Waals surface area (Å²) in [5, 5.41) is 3.38. The first-order valence-electron chi connectivity index (χ1n) is 8.89. The Kier molecular flexibility index (Phi) is 7.96. The molecule has 1 aliphatic heterocycles. The van der Waals surface area contributed by atoms with Gasteiger partial charge < -0.3 is 31.2 Å². The summed E-state index contributed by atoms with van der Waals surface area (Å²) in [4.78, 5) is 15.1. The molecule has 1 aromatic carbocycles. The summed E-state index contributed by atoms with van der Waals surface area (Å²) in [5.41, 5.74) is 12.1. The van der Waals surface area contributed by atoms with Crippen LogP contribution in [0.15, 0.2) is 12.1 Å². The third-order valence-corrected chi connectivity index (χ3v) is 5.08. The first kappa shape index (κ1) is 20.8. The number of anilines is 1. The van der Waals surface area contributed by atoms with E-state index >= 15 is 0 Å². The molecule has 0 bridgehead atoms. The molecule has 0 saturated carbocycles. The highest BCUT2D eigenvalue weighted by atomic mass is 35.5. The number of ether oxygens (including phenoxy) is 2. The number of nitrogens with zero attached hydrogens (tertiary/aromatic N) is 1. The van der Waals surface area contributed by atoms with E-state index in [2.05, 4.69) is 10.2 Å². The molecular weight excluding hydrogens is 356 g/mol. The van der Waals surface area contributed by atoms with Gasteiger partial charge in [0.2, 0.25) is 0 Å². The molecule has 7 nitrogen and oxygen atoms in total. The van der Waals surface area contributed by atoms with Crippen LogP contribution in [0, 0.1) is 0 Å². The Labute approximate surface area is 159 Å². The minimum Gasteiger partial charge on any atom is -0.496 e. The van der Waals surface area contributed by atoms with Crippen LogP contribution in [0.1, 0.15) is 29.6 Å². The zero-order valence-electron chi connectivity index (χ0n) is 15.5. The quantitative estimate of drug-likeness (QED) is 0.463. The second kappa shape index (κ2) is 9.97. The molecule has 26 heavy (non-hydrogen) atoms. The number of hydrogen-bond donors (Lipinski definition) is 3. The third-order valence-electron chi connectivity index (χ3n) is 4.75. The molecule has 0 unspecified atom stereocenters. The zero-order chi connectivity index (χ0) is 19.1. The summed E-state index contributed by atoms with van der Waals surface area (Å²) < 4.78 is 10.9. The summed E-state index contributed by atoms with van der Waals surface area (Å²) >= 11 is 6.06. The number of carbonyl (C=O) groups excluding carboxylic acids is 1. The van der Waals surface area contributed by atoms with Crippen molar-refractivity contribution < 1.29 is 14.3 Å². The van der Waals surface area contributed by atoms with Crippen molar-refractivity contribution >= 4 is 23.2 Å². The fourth-order valence-corrected chi connectivity index (χ4v) is 3.39. The van der Waals surface area contributed by atoms with Crippen LogP contribution in [0.3, 0.4) is 0 Å². The lowest BCUT2D eigenvalue weighted by Crippen LogP contribution is -2.54. The van der Waals surface area contributed by atoms with E-state index < -0.39 is 0 Å². The topological polar surface area (TPSA) is 103 Å². The number of unbranched alkanes of at least 4 members (excludes halogenated alkanes) is 1. The smallest absolute Gasteiger partial charge is 0.255 e. The van der Waals surface area contributed by atoms with Gasteiger partial charge in [-0.25, -0.2) is 0 Å². The zero-order valence-corrected chi connectivity index (χ0v) is 16.2. The Balaban J connectivity index is 2.01. The van der Waals surface area contributed by atoms with Crippen molar-refractivity contribution in [2.75, 3.05) is 46.1 Å². The minimum atomic E-state index is -0.243. The van der Waals surface area contributed by atoms with Crippen LogP contribution in [-0.2, 0) is 4.74 Å². The average Bonchev–Trinajstić information content (AvgIpc) is 2.64. The molecule has 0 aliphatic carbocycles. The lowest BCUT2D eigenvalue weighted by molar-refractivity contribution is 0.00605. The van der Waals surface area contributed by atoms with E-state index in [9.17, 15) is 4.79 Å². The van der Waals surface area contributed by atoms with Crippen molar-refractivity contribution in [2.24, 2.45) is 5.73 Å². The van der Waals surface area contributed by atoms with Gasteiger partial charge in [0.05, 0.1) is 35.5 Å². The number of carbonyl (C=O) groups is 1. The molecule has 0 aromatic heterocycles. The van der Waals surface area contributed by atoms with Crippen LogP contribution < -0.4 is 21.5 Å². The molecule has 1 amide bonds. The van der Waals surface area contributed by atoms with Crippen LogP contribution >= 0.6 is 11.6 Å². The van der Waals surface area contributed by atoms with Gasteiger partial charge in [0.15, 0.2) is 0 Å². The van der Waals surface area contributed by atoms with E-state index in [4.69, 9.17) is 32.5 Å². The van der Waals surface area contributed by atoms with E-state index in [0.717, 1.165) is 38.9 Å². The maximum Gasteiger partial charge on any atom is 0.255 e. The maximum absolute atomic E-state index is 12.7. The summed E-state index contributed by atoms with van der Waals surface area (Å²) in [6.45, 7) is 3.41. The van der Waals surface area contributed by atoms with Crippen molar-refractivity contribution in [1.82, 2.24) is 10.2 Å². The highest BCUT2D eigenvalue weighted by Gasteiger charge is 2.31. The molecule has 1 fully saturated rings. The second-order valence-electron chi connectivity index (χ2n) is 6.51. The van der Waals surface area contributed by atoms with Crippen molar-refractivity contribution in [2.45, 2.75) is 31.4 Å². The first-order chi connectivity index (χ1) is 12.5. The number of likely N-dealkylation sites (tertiary alicyclic amines) is 1. The molecule has 2 rings (SSSR count). The number of nitrogens with two attached hydrogens (primary N) is 2. The summed E-state index contributed by atoms with van der Waals surface area (Å²) in [7, 11) is 3.17. The number of nitrogen functional groups attached to an aromatic ring is 1. The number of amides is 1. The molecule has 0 radical (unpaired) electrons. The largest absolute Gasteiger partial charge is 0.496 e. The monoisotopic (exact) mass is 384 g/mol. The second-order valence-corrected chi connectivity index (χ2v) is 6.92. The Morgan fingerprint density at radius 3 is 2.81 bits per heavy atom. The van der Waals surface area contributed by atoms with Crippen molar-refractivity contribution in [3.8, 4) is 5.75 Å². The summed E-state index contributed by atoms with van der Waals surface area (Å²) in [6, 6.07) is 3.03. The maximum atomic E-state index is 12.7. The number of benzene rings is 1. The lowest BCUT2D eigenvalue weighted by atomic mass is 10.0. The van der Waals surface area contributed by atoms with E-state index in [1.165, 1.54) is 13.2 Å². The molecule has 146 valence electrons. The standard InChI is InChI=1S/C18H29ClN4O3/c1-25-16-10-14(21)13(19)9-12(16)18(24)22-15-5-8-23(7-4-3-6-20)11-17(15)26-2/h9-10,15,17H,3-8,11,20-21H2,1-2H3,(H,22,24)/t15-,17+/m0/s1. The Bertz CT molecular complexity index is 614. The van der Waals surface area contributed by atoms with Crippen LogP contribution in [0.4, 0.5) is 5.69 Å². The van der Waals surface area contributed by atoms with Crippen LogP contribution in [-0.4, -0.2) is 63.4 Å². The molecule has 1 saturated heterocycles. The van der Waals surface area contributed by atoms with E-state index in [0.29, 0.717) is 28.6 Å². The van der Waals surface area contributed by atoms with E-state index in [-0.39, 0.29) is 18.1 Å². The minimum absolute atomic E-state index is 0.0687. The molecule has 0 spiro atoms. The Hall–Kier alpha value is -1.54. The van der Waals surface area contributed by atoms with Crippen molar-refractivity contribution in [3.63, 3.8) is 0 Å². The van der Waals surface area contributed by atoms with Crippen molar-refractivity contribution in [1.29, 1.82) is 0 Å². The van der Waals surface area contributed by atoms with Gasteiger partial charge in [0.25, 0.3) is 5.91 Å². The van der Waals surface area contributed by atoms with Gasteiger partial charge in [0.1, 0.15) is 5.75 Å². The van der Waals surface area contributed by atoms with Crippen LogP contribution in [0.5, 0.6) is 5.75 Å². The van der Waals surface area contributed by atoms with Gasteiger partial charge in [0, 0.05) is 26.3 Å². The molecule has 1 heterocycles. The van der Waals surface area contributed by atoms with E-state index in [1.807, 2.05) is 0 Å². The van der Waals surface area contributed by atoms with Crippen LogP contribution in [0.25, 0.3) is 0 Å². The summed E-state index contributed by atoms with van der Waals surface area (Å²) in [5.74, 6) is 0.157. The van der Waals surface area contributed by atoms with Crippen molar-refractivity contribution in [3.05, 3.63) is 22.7 Å². The number of halogens is 1. The van der Waals surface area contributed by atoms with Gasteiger partial charge in [-0.1, -0.05) is 11.6 Å². The van der Waals surface area contributed by atoms with Gasteiger partial charge in [-0.2, -0.15) is 0 Å². The number of rotatable bonds is 8. The predicted octanol–water partition coefficient (Wildman–Crippen LogP) is 1.49. The number of hydrogen-bond acceptors (Lipinski definition) is 6. The number of nitrogens with one attached hydrogen (secondary N) is 1. The first-order valence-corrected chi connectivity index (χ1v) is 9.27. The number of methoxy groups -OCH3 is 2. The van der Waals surface area contributed by atoms with Gasteiger partial charge in [-0.15, -0.1) is 0 Å². The van der Waals surface area contributed by atoms with E-state index in [1.54, 1.807) is 13.2 Å². The predicted molar refractivity (Wildman–Crippen MR) is 104 cm³/mol. The van der Waals surface area contributed by atoms with Crippen LogP contribution in [0.2, 0.25) is 5.02 Å². The molecular formula is C18H29ClN4O3. The fraction of sp³-hybridized carbons (Fsp3) is 0.611. The molecule has 1 aliphatic rings. The Morgan fingerprint density at radius 2 is 2.15 bits per heavy atom. The summed E-state index contributed by atoms with van der Waals surface area (Å²) in [6.07, 6.45) is 2.84. The molecule has 8 heteroatoms. The fourth-order valence-electron chi connectivity index (χ4n) is 3.23. The molecule has 2 atom stereocenters. The Morgan fingerprint density at radius 1 is 1.38 bits per heavy atom. The van der Waals surface area contributed by atoms with Gasteiger partial charge >= 0.3 is 0 Å². The average molecular weight is 385 g/mol. The molecule has 1 aromatic rings. The lowest BCUT2D eigenvalue weighted by Gasteiger charge is -2.38. The van der Waals surface area contributed by atoms with Gasteiger partial charge in [-0.05, 0) is 38.4 Å². The number of piperidine rings is 1. The highest BCUT2D eigenvalue weighted by Crippen LogP contribution is 2.29. The normalized spacial score (nSPS) is 20.8. The third kappa shape index (κ3) is 5.23. The molecule has 5 N–H and O–H groups in total. The SMILES string of the molecule is COc1cc(N)c(Cl)cc1C(=O)N[C@H]1CCN(CCCCN)C[C@H]1OC. The highest BCUT2D eigenvalue weighted by molar-refractivity contribution is 6.33.